The fourth-order valence-electron chi connectivity index (χ4n) is 3.36. The molecule has 2 aliphatic heterocycles. The van der Waals surface area contributed by atoms with Crippen molar-refractivity contribution in [2.75, 3.05) is 37.6 Å². The molecule has 118 valence electrons. The maximum Gasteiger partial charge on any atom is 0.251 e. The van der Waals surface area contributed by atoms with Gasteiger partial charge in [0.2, 0.25) is 5.91 Å². The summed E-state index contributed by atoms with van der Waals surface area (Å²) in [7, 11) is 0. The molecule has 3 rings (SSSR count). The summed E-state index contributed by atoms with van der Waals surface area (Å²) in [5.74, 6) is -0.147. The van der Waals surface area contributed by atoms with E-state index in [1.165, 1.54) is 4.90 Å². The second-order valence-electron chi connectivity index (χ2n) is 6.04. The van der Waals surface area contributed by atoms with E-state index in [1.807, 2.05) is 31.2 Å². The quantitative estimate of drug-likeness (QED) is 0.789. The molecule has 1 aromatic carbocycles. The zero-order chi connectivity index (χ0) is 15.7. The van der Waals surface area contributed by atoms with Crippen LogP contribution < -0.4 is 4.90 Å². The van der Waals surface area contributed by atoms with Crippen LogP contribution in [0.5, 0.6) is 0 Å². The Labute approximate surface area is 131 Å². The molecule has 1 aromatic rings. The van der Waals surface area contributed by atoms with Gasteiger partial charge in [-0.2, -0.15) is 0 Å². The maximum atomic E-state index is 12.8. The first-order valence-corrected chi connectivity index (χ1v) is 8.00. The Kier molecular flexibility index (Phi) is 4.27. The van der Waals surface area contributed by atoms with Gasteiger partial charge < -0.3 is 4.90 Å². The molecule has 0 spiro atoms. The minimum atomic E-state index is -0.286. The van der Waals surface area contributed by atoms with Crippen LogP contribution in [0.3, 0.4) is 0 Å². The first-order chi connectivity index (χ1) is 10.6. The van der Waals surface area contributed by atoms with E-state index in [0.29, 0.717) is 6.42 Å². The van der Waals surface area contributed by atoms with E-state index in [9.17, 15) is 9.59 Å². The van der Waals surface area contributed by atoms with Gasteiger partial charge >= 0.3 is 0 Å². The Balaban J connectivity index is 1.76. The van der Waals surface area contributed by atoms with Gasteiger partial charge in [-0.3, -0.25) is 14.5 Å². The Morgan fingerprint density at radius 2 is 1.77 bits per heavy atom. The average molecular weight is 301 g/mol. The third-order valence-electron chi connectivity index (χ3n) is 4.77. The Hall–Kier alpha value is -1.72. The van der Waals surface area contributed by atoms with Crippen LogP contribution >= 0.6 is 0 Å². The van der Waals surface area contributed by atoms with Gasteiger partial charge in [0.1, 0.15) is 0 Å². The second-order valence-corrected chi connectivity index (χ2v) is 6.04. The Morgan fingerprint density at radius 1 is 1.09 bits per heavy atom. The number of anilines is 1. The Morgan fingerprint density at radius 3 is 2.41 bits per heavy atom. The van der Waals surface area contributed by atoms with Crippen molar-refractivity contribution in [2.24, 2.45) is 0 Å². The fourth-order valence-corrected chi connectivity index (χ4v) is 3.36. The van der Waals surface area contributed by atoms with Crippen LogP contribution in [0.25, 0.3) is 0 Å². The molecule has 0 bridgehead atoms. The second kappa shape index (κ2) is 6.18. The highest BCUT2D eigenvalue weighted by Crippen LogP contribution is 2.28. The summed E-state index contributed by atoms with van der Waals surface area (Å²) >= 11 is 0. The van der Waals surface area contributed by atoms with E-state index in [4.69, 9.17) is 0 Å². The monoisotopic (exact) mass is 301 g/mol. The van der Waals surface area contributed by atoms with Gasteiger partial charge in [-0.1, -0.05) is 25.1 Å². The van der Waals surface area contributed by atoms with E-state index >= 15 is 0 Å². The molecular weight excluding hydrogens is 278 g/mol. The summed E-state index contributed by atoms with van der Waals surface area (Å²) in [5, 5.41) is 0. The molecule has 0 N–H and O–H groups in total. The zero-order valence-electron chi connectivity index (χ0n) is 13.3. The number of nitrogens with zero attached hydrogens (tertiary/aromatic N) is 3. The smallest absolute Gasteiger partial charge is 0.251 e. The molecular formula is C17H23N3O2. The minimum absolute atomic E-state index is 0.0655. The van der Waals surface area contributed by atoms with Crippen molar-refractivity contribution in [3.63, 3.8) is 0 Å². The van der Waals surface area contributed by atoms with Crippen LogP contribution in [-0.2, 0) is 9.59 Å². The van der Waals surface area contributed by atoms with Crippen molar-refractivity contribution in [2.45, 2.75) is 26.3 Å². The molecule has 0 unspecified atom stereocenters. The summed E-state index contributed by atoms with van der Waals surface area (Å²) in [4.78, 5) is 31.1. The average Bonchev–Trinajstić information content (AvgIpc) is 2.83. The van der Waals surface area contributed by atoms with Crippen molar-refractivity contribution in [1.29, 1.82) is 0 Å². The van der Waals surface area contributed by atoms with Gasteiger partial charge in [0, 0.05) is 26.2 Å². The van der Waals surface area contributed by atoms with Gasteiger partial charge in [-0.25, -0.2) is 4.90 Å². The molecule has 0 aliphatic carbocycles. The standard InChI is InChI=1S/C17H23N3O2/c1-3-18-8-10-19(11-9-18)15-12-16(21)20(17(15)22)14-7-5-4-6-13(14)2/h4-7,15H,3,8-12H2,1-2H3/t15-/m1/s1. The summed E-state index contributed by atoms with van der Waals surface area (Å²) in [5.41, 5.74) is 1.69. The molecule has 22 heavy (non-hydrogen) atoms. The van der Waals surface area contributed by atoms with Crippen molar-refractivity contribution in [1.82, 2.24) is 9.80 Å². The molecule has 0 aromatic heterocycles. The van der Waals surface area contributed by atoms with E-state index in [-0.39, 0.29) is 17.9 Å². The highest BCUT2D eigenvalue weighted by Gasteiger charge is 2.43. The molecule has 2 aliphatic rings. The number of rotatable bonds is 3. The van der Waals surface area contributed by atoms with Gasteiger partial charge in [0.25, 0.3) is 5.91 Å². The third kappa shape index (κ3) is 2.66. The summed E-state index contributed by atoms with van der Waals surface area (Å²) in [6.07, 6.45) is 0.305. The summed E-state index contributed by atoms with van der Waals surface area (Å²) in [6.45, 7) is 8.79. The van der Waals surface area contributed by atoms with Crippen LogP contribution in [0.15, 0.2) is 24.3 Å². The number of carbonyl (C=O) groups is 2. The SMILES string of the molecule is CCN1CCN([C@@H]2CC(=O)N(c3ccccc3C)C2=O)CC1. The van der Waals surface area contributed by atoms with Crippen molar-refractivity contribution in [3.8, 4) is 0 Å². The molecule has 0 radical (unpaired) electrons. The zero-order valence-corrected chi connectivity index (χ0v) is 13.3. The highest BCUT2D eigenvalue weighted by molar-refractivity contribution is 6.22. The van der Waals surface area contributed by atoms with E-state index in [2.05, 4.69) is 16.7 Å². The number of piperazine rings is 1. The number of hydrogen-bond donors (Lipinski definition) is 0. The normalized spacial score (nSPS) is 24.3. The molecule has 2 heterocycles. The van der Waals surface area contributed by atoms with Gasteiger partial charge in [-0.15, -0.1) is 0 Å². The maximum absolute atomic E-state index is 12.8. The van der Waals surface area contributed by atoms with E-state index in [0.717, 1.165) is 44.0 Å². The summed E-state index contributed by atoms with van der Waals surface area (Å²) in [6, 6.07) is 7.29. The lowest BCUT2D eigenvalue weighted by atomic mass is 10.1. The van der Waals surface area contributed by atoms with Crippen molar-refractivity contribution >= 4 is 17.5 Å². The molecule has 5 nitrogen and oxygen atoms in total. The number of likely N-dealkylation sites (N-methyl/N-ethyl adjacent to an activating group) is 1. The van der Waals surface area contributed by atoms with E-state index < -0.39 is 0 Å². The lowest BCUT2D eigenvalue weighted by molar-refractivity contribution is -0.123. The van der Waals surface area contributed by atoms with Gasteiger partial charge in [0.15, 0.2) is 0 Å². The van der Waals surface area contributed by atoms with Crippen LogP contribution in [-0.4, -0.2) is 60.4 Å². The van der Waals surface area contributed by atoms with Gasteiger partial charge in [0.05, 0.1) is 18.2 Å². The number of hydrogen-bond acceptors (Lipinski definition) is 4. The number of amides is 2. The first kappa shape index (κ1) is 15.2. The lowest BCUT2D eigenvalue weighted by Gasteiger charge is -2.36. The number of carbonyl (C=O) groups excluding carboxylic acids is 2. The third-order valence-corrected chi connectivity index (χ3v) is 4.77. The minimum Gasteiger partial charge on any atom is -0.301 e. The molecule has 2 amide bonds. The number of para-hydroxylation sites is 1. The van der Waals surface area contributed by atoms with Crippen molar-refractivity contribution < 1.29 is 9.59 Å². The molecule has 0 saturated carbocycles. The molecule has 2 saturated heterocycles. The lowest BCUT2D eigenvalue weighted by Crippen LogP contribution is -2.52. The van der Waals surface area contributed by atoms with E-state index in [1.54, 1.807) is 0 Å². The Bertz CT molecular complexity index is 579. The largest absolute Gasteiger partial charge is 0.301 e. The van der Waals surface area contributed by atoms with Crippen LogP contribution in [0.1, 0.15) is 18.9 Å². The van der Waals surface area contributed by atoms with Crippen LogP contribution in [0.4, 0.5) is 5.69 Å². The van der Waals surface area contributed by atoms with Crippen LogP contribution in [0, 0.1) is 6.92 Å². The first-order valence-electron chi connectivity index (χ1n) is 8.00. The van der Waals surface area contributed by atoms with Crippen molar-refractivity contribution in [3.05, 3.63) is 29.8 Å². The molecule has 2 fully saturated rings. The highest BCUT2D eigenvalue weighted by atomic mass is 16.2. The fraction of sp³-hybridized carbons (Fsp3) is 0.529. The predicted octanol–water partition coefficient (Wildman–Crippen LogP) is 1.26. The summed E-state index contributed by atoms with van der Waals surface area (Å²) < 4.78 is 0. The topological polar surface area (TPSA) is 43.9 Å². The van der Waals surface area contributed by atoms with Crippen LogP contribution in [0.2, 0.25) is 0 Å². The predicted molar refractivity (Wildman–Crippen MR) is 85.8 cm³/mol. The molecule has 5 heteroatoms. The number of imide groups is 1. The number of aryl methyl sites for hydroxylation is 1. The van der Waals surface area contributed by atoms with Gasteiger partial charge in [-0.05, 0) is 25.1 Å². The number of benzene rings is 1. The molecule has 1 atom stereocenters.